The number of hydrogen-bond donors (Lipinski definition) is 3. The van der Waals surface area contributed by atoms with Crippen LogP contribution < -0.4 is 10.6 Å². The Kier molecular flexibility index (Phi) is 5.71. The first-order valence-corrected chi connectivity index (χ1v) is 7.13. The lowest BCUT2D eigenvalue weighted by Gasteiger charge is -2.30. The molecule has 0 saturated heterocycles. The van der Waals surface area contributed by atoms with Crippen molar-refractivity contribution < 1.29 is 19.1 Å². The van der Waals surface area contributed by atoms with Crippen LogP contribution in [0.4, 0.5) is 14.9 Å². The first kappa shape index (κ1) is 17.4. The molecule has 0 saturated carbocycles. The summed E-state index contributed by atoms with van der Waals surface area (Å²) >= 11 is 3.12. The molecule has 1 rings (SSSR count). The van der Waals surface area contributed by atoms with Gasteiger partial charge < -0.3 is 15.7 Å². The second-order valence-electron chi connectivity index (χ2n) is 5.74. The number of benzene rings is 1. The maximum Gasteiger partial charge on any atom is 0.319 e. The van der Waals surface area contributed by atoms with Crippen molar-refractivity contribution in [3.8, 4) is 0 Å². The molecule has 0 aliphatic heterocycles. The smallest absolute Gasteiger partial charge is 0.319 e. The minimum atomic E-state index is -1.01. The molecule has 0 heterocycles. The molecule has 1 atom stereocenters. The first-order chi connectivity index (χ1) is 9.59. The fraction of sp³-hybridized carbons (Fsp3) is 0.429. The fourth-order valence-corrected chi connectivity index (χ4v) is 1.99. The van der Waals surface area contributed by atoms with E-state index >= 15 is 0 Å². The van der Waals surface area contributed by atoms with Gasteiger partial charge >= 0.3 is 12.0 Å². The Morgan fingerprint density at radius 3 is 2.48 bits per heavy atom. The van der Waals surface area contributed by atoms with Gasteiger partial charge in [0.05, 0.1) is 12.1 Å². The highest BCUT2D eigenvalue weighted by atomic mass is 79.9. The van der Waals surface area contributed by atoms with Gasteiger partial charge in [-0.15, -0.1) is 0 Å². The van der Waals surface area contributed by atoms with Crippen LogP contribution in [-0.4, -0.2) is 23.1 Å². The highest BCUT2D eigenvalue weighted by molar-refractivity contribution is 9.10. The van der Waals surface area contributed by atoms with Gasteiger partial charge in [0.2, 0.25) is 0 Å². The summed E-state index contributed by atoms with van der Waals surface area (Å²) in [5.74, 6) is -1.59. The Bertz CT molecular complexity index is 544. The third-order valence-electron chi connectivity index (χ3n) is 2.91. The van der Waals surface area contributed by atoms with Crippen molar-refractivity contribution in [2.45, 2.75) is 33.2 Å². The van der Waals surface area contributed by atoms with Gasteiger partial charge in [0.15, 0.2) is 0 Å². The topological polar surface area (TPSA) is 78.4 Å². The lowest BCUT2D eigenvalue weighted by atomic mass is 9.85. The van der Waals surface area contributed by atoms with E-state index in [1.54, 1.807) is 6.07 Å². The number of anilines is 1. The Morgan fingerprint density at radius 2 is 2.00 bits per heavy atom. The molecule has 116 valence electrons. The van der Waals surface area contributed by atoms with Crippen LogP contribution in [0.1, 0.15) is 27.2 Å². The molecule has 0 aromatic heterocycles. The van der Waals surface area contributed by atoms with E-state index in [4.69, 9.17) is 5.11 Å². The van der Waals surface area contributed by atoms with E-state index in [-0.39, 0.29) is 12.1 Å². The monoisotopic (exact) mass is 360 g/mol. The average molecular weight is 361 g/mol. The summed E-state index contributed by atoms with van der Waals surface area (Å²) in [7, 11) is 0. The van der Waals surface area contributed by atoms with Gasteiger partial charge in [-0.2, -0.15) is 0 Å². The quantitative estimate of drug-likeness (QED) is 0.767. The van der Waals surface area contributed by atoms with Crippen LogP contribution >= 0.6 is 15.9 Å². The van der Waals surface area contributed by atoms with Gasteiger partial charge in [0.25, 0.3) is 0 Å². The van der Waals surface area contributed by atoms with E-state index in [0.717, 1.165) is 0 Å². The molecule has 3 N–H and O–H groups in total. The summed E-state index contributed by atoms with van der Waals surface area (Å²) in [6.07, 6.45) is -0.209. The zero-order chi connectivity index (χ0) is 16.2. The average Bonchev–Trinajstić information content (AvgIpc) is 2.30. The number of carbonyl (C=O) groups is 2. The third-order valence-corrected chi connectivity index (χ3v) is 3.40. The normalized spacial score (nSPS) is 12.6. The number of carboxylic acid groups (broad SMARTS) is 1. The largest absolute Gasteiger partial charge is 0.481 e. The Balaban J connectivity index is 2.76. The van der Waals surface area contributed by atoms with E-state index in [1.165, 1.54) is 12.1 Å². The molecule has 0 radical (unpaired) electrons. The van der Waals surface area contributed by atoms with Crippen molar-refractivity contribution in [1.82, 2.24) is 5.32 Å². The van der Waals surface area contributed by atoms with Gasteiger partial charge in [-0.1, -0.05) is 36.7 Å². The van der Waals surface area contributed by atoms with Crippen molar-refractivity contribution >= 4 is 33.6 Å². The molecule has 5 nitrogen and oxygen atoms in total. The van der Waals surface area contributed by atoms with Crippen LogP contribution in [0.3, 0.4) is 0 Å². The molecule has 7 heteroatoms. The number of halogens is 2. The zero-order valence-electron chi connectivity index (χ0n) is 12.0. The lowest BCUT2D eigenvalue weighted by molar-refractivity contribution is -0.138. The molecule has 0 spiro atoms. The van der Waals surface area contributed by atoms with E-state index in [0.29, 0.717) is 4.47 Å². The first-order valence-electron chi connectivity index (χ1n) is 6.34. The lowest BCUT2D eigenvalue weighted by Crippen LogP contribution is -2.46. The van der Waals surface area contributed by atoms with Crippen LogP contribution in [-0.2, 0) is 4.79 Å². The molecule has 0 fully saturated rings. The Labute approximate surface area is 131 Å². The minimum absolute atomic E-state index is 0.0266. The van der Waals surface area contributed by atoms with Crippen molar-refractivity contribution in [2.75, 3.05) is 5.32 Å². The number of nitrogens with one attached hydrogen (secondary N) is 2. The maximum absolute atomic E-state index is 13.6. The highest BCUT2D eigenvalue weighted by Crippen LogP contribution is 2.23. The molecule has 0 aliphatic rings. The molecular formula is C14H18BrFN2O3. The maximum atomic E-state index is 13.6. The van der Waals surface area contributed by atoms with E-state index in [9.17, 15) is 14.0 Å². The number of carboxylic acids is 1. The second kappa shape index (κ2) is 6.89. The molecule has 1 unspecified atom stereocenters. The van der Waals surface area contributed by atoms with E-state index < -0.39 is 29.3 Å². The Morgan fingerprint density at radius 1 is 1.38 bits per heavy atom. The molecule has 1 aromatic rings. The van der Waals surface area contributed by atoms with Crippen LogP contribution in [0.2, 0.25) is 0 Å². The summed E-state index contributed by atoms with van der Waals surface area (Å²) < 4.78 is 14.2. The highest BCUT2D eigenvalue weighted by Gasteiger charge is 2.28. The summed E-state index contributed by atoms with van der Waals surface area (Å²) in [4.78, 5) is 22.7. The van der Waals surface area contributed by atoms with Gasteiger partial charge in [0.1, 0.15) is 5.82 Å². The van der Waals surface area contributed by atoms with Crippen molar-refractivity contribution in [3.05, 3.63) is 28.5 Å². The van der Waals surface area contributed by atoms with Crippen LogP contribution in [0, 0.1) is 11.2 Å². The number of aliphatic carboxylic acids is 1. The summed E-state index contributed by atoms with van der Waals surface area (Å²) in [6.45, 7) is 5.46. The van der Waals surface area contributed by atoms with Gasteiger partial charge in [-0.25, -0.2) is 9.18 Å². The van der Waals surface area contributed by atoms with Crippen molar-refractivity contribution in [1.29, 1.82) is 0 Å². The van der Waals surface area contributed by atoms with Crippen LogP contribution in [0.25, 0.3) is 0 Å². The summed E-state index contributed by atoms with van der Waals surface area (Å²) in [5, 5.41) is 13.8. The standard InChI is InChI=1S/C14H18BrFN2O3/c1-14(2,3)11(7-12(19)20)18-13(21)17-10-5-4-8(15)6-9(10)16/h4-6,11H,7H2,1-3H3,(H,19,20)(H2,17,18,21). The molecule has 0 bridgehead atoms. The predicted molar refractivity (Wildman–Crippen MR) is 81.8 cm³/mol. The zero-order valence-corrected chi connectivity index (χ0v) is 13.6. The van der Waals surface area contributed by atoms with Crippen molar-refractivity contribution in [2.24, 2.45) is 5.41 Å². The van der Waals surface area contributed by atoms with Crippen LogP contribution in [0.15, 0.2) is 22.7 Å². The Hall–Kier alpha value is -1.63. The predicted octanol–water partition coefficient (Wildman–Crippen LogP) is 3.60. The number of urea groups is 1. The number of amides is 2. The van der Waals surface area contributed by atoms with E-state index in [1.807, 2.05) is 20.8 Å². The second-order valence-corrected chi connectivity index (χ2v) is 6.65. The third kappa shape index (κ3) is 5.71. The minimum Gasteiger partial charge on any atom is -0.481 e. The van der Waals surface area contributed by atoms with Crippen LogP contribution in [0.5, 0.6) is 0 Å². The number of rotatable bonds is 4. The molecule has 2 amide bonds. The molecule has 0 aliphatic carbocycles. The SMILES string of the molecule is CC(C)(C)C(CC(=O)O)NC(=O)Nc1ccc(Br)cc1F. The molecule has 1 aromatic carbocycles. The van der Waals surface area contributed by atoms with Gasteiger partial charge in [0, 0.05) is 10.5 Å². The van der Waals surface area contributed by atoms with Crippen molar-refractivity contribution in [3.63, 3.8) is 0 Å². The number of carbonyl (C=O) groups excluding carboxylic acids is 1. The molecule has 21 heavy (non-hydrogen) atoms. The van der Waals surface area contributed by atoms with Gasteiger partial charge in [-0.3, -0.25) is 4.79 Å². The summed E-state index contributed by atoms with van der Waals surface area (Å²) in [5.41, 5.74) is -0.410. The number of hydrogen-bond acceptors (Lipinski definition) is 2. The summed E-state index contributed by atoms with van der Waals surface area (Å²) in [6, 6.07) is 3.03. The van der Waals surface area contributed by atoms with E-state index in [2.05, 4.69) is 26.6 Å². The van der Waals surface area contributed by atoms with Gasteiger partial charge in [-0.05, 0) is 23.6 Å². The fourth-order valence-electron chi connectivity index (χ4n) is 1.66. The molecular weight excluding hydrogens is 343 g/mol.